The van der Waals surface area contributed by atoms with Gasteiger partial charge in [-0.1, -0.05) is 29.8 Å². The lowest BCUT2D eigenvalue weighted by molar-refractivity contribution is -0.137. The predicted octanol–water partition coefficient (Wildman–Crippen LogP) is 4.76. The molecule has 0 aliphatic rings. The van der Waals surface area contributed by atoms with Gasteiger partial charge in [-0.3, -0.25) is 4.79 Å². The Morgan fingerprint density at radius 2 is 1.76 bits per heavy atom. The fraction of sp³-hybridized carbons (Fsp3) is 0.0500. The van der Waals surface area contributed by atoms with E-state index in [0.717, 1.165) is 12.1 Å². The van der Waals surface area contributed by atoms with Gasteiger partial charge in [0.1, 0.15) is 0 Å². The minimum atomic E-state index is -4.49. The van der Waals surface area contributed by atoms with E-state index in [1.54, 1.807) is 30.3 Å². The molecule has 0 unspecified atom stereocenters. The van der Waals surface area contributed by atoms with Crippen LogP contribution in [-0.4, -0.2) is 19.6 Å². The third kappa shape index (κ3) is 3.66. The number of halogens is 4. The van der Waals surface area contributed by atoms with E-state index in [9.17, 15) is 18.0 Å². The zero-order valence-electron chi connectivity index (χ0n) is 14.6. The molecule has 146 valence electrons. The summed E-state index contributed by atoms with van der Waals surface area (Å²) in [6.07, 6.45) is -1.68. The number of nitrogens with zero attached hydrogens (tertiary/aromatic N) is 4. The zero-order chi connectivity index (χ0) is 20.6. The largest absolute Gasteiger partial charge is 0.416 e. The van der Waals surface area contributed by atoms with Crippen molar-refractivity contribution >= 4 is 11.6 Å². The highest BCUT2D eigenvalue weighted by molar-refractivity contribution is 6.32. The summed E-state index contributed by atoms with van der Waals surface area (Å²) in [6.45, 7) is 0. The molecule has 0 fully saturated rings. The van der Waals surface area contributed by atoms with Crippen LogP contribution in [0.3, 0.4) is 0 Å². The van der Waals surface area contributed by atoms with E-state index in [1.807, 2.05) is 0 Å². The molecule has 9 heteroatoms. The quantitative estimate of drug-likeness (QED) is 0.484. The Morgan fingerprint density at radius 3 is 2.52 bits per heavy atom. The van der Waals surface area contributed by atoms with E-state index in [1.165, 1.54) is 40.0 Å². The normalized spacial score (nSPS) is 11.6. The number of hydrogen-bond donors (Lipinski definition) is 0. The van der Waals surface area contributed by atoms with Gasteiger partial charge in [-0.15, -0.1) is 0 Å². The van der Waals surface area contributed by atoms with Crippen molar-refractivity contribution < 1.29 is 13.2 Å². The highest BCUT2D eigenvalue weighted by atomic mass is 35.5. The Kier molecular flexibility index (Phi) is 4.71. The maximum absolute atomic E-state index is 13.0. The molecule has 2 aromatic carbocycles. The minimum Gasteiger partial charge on any atom is -0.287 e. The molecule has 0 saturated heterocycles. The molecular weight excluding hydrogens is 405 g/mol. The Bertz CT molecular complexity index is 1250. The molecule has 5 nitrogen and oxygen atoms in total. The summed E-state index contributed by atoms with van der Waals surface area (Å²) < 4.78 is 41.8. The molecule has 0 saturated carbocycles. The monoisotopic (exact) mass is 416 g/mol. The van der Waals surface area contributed by atoms with Gasteiger partial charge >= 0.3 is 6.18 Å². The number of aromatic nitrogens is 4. The van der Waals surface area contributed by atoms with Gasteiger partial charge in [0.05, 0.1) is 33.9 Å². The van der Waals surface area contributed by atoms with Gasteiger partial charge in [0.15, 0.2) is 5.69 Å². The molecule has 0 spiro atoms. The van der Waals surface area contributed by atoms with Crippen LogP contribution in [0.25, 0.3) is 22.8 Å². The smallest absolute Gasteiger partial charge is 0.287 e. The van der Waals surface area contributed by atoms with Gasteiger partial charge in [-0.25, -0.2) is 9.36 Å². The first-order valence-electron chi connectivity index (χ1n) is 8.41. The predicted molar refractivity (Wildman–Crippen MR) is 102 cm³/mol. The Balaban J connectivity index is 1.84. The van der Waals surface area contributed by atoms with Crippen LogP contribution in [0.4, 0.5) is 13.2 Å². The van der Waals surface area contributed by atoms with E-state index in [2.05, 4.69) is 10.2 Å². The molecule has 0 N–H and O–H groups in total. The summed E-state index contributed by atoms with van der Waals surface area (Å²) >= 11 is 6.23. The molecule has 4 aromatic rings. The number of rotatable bonds is 3. The van der Waals surface area contributed by atoms with E-state index in [-0.39, 0.29) is 11.4 Å². The van der Waals surface area contributed by atoms with Crippen LogP contribution < -0.4 is 5.43 Å². The van der Waals surface area contributed by atoms with Gasteiger partial charge in [-0.05, 0) is 36.4 Å². The molecule has 0 radical (unpaired) electrons. The van der Waals surface area contributed by atoms with Crippen molar-refractivity contribution in [2.45, 2.75) is 6.18 Å². The second kappa shape index (κ2) is 7.21. The molecule has 29 heavy (non-hydrogen) atoms. The van der Waals surface area contributed by atoms with Crippen molar-refractivity contribution in [2.75, 3.05) is 0 Å². The zero-order valence-corrected chi connectivity index (χ0v) is 15.4. The minimum absolute atomic E-state index is 0.0299. The summed E-state index contributed by atoms with van der Waals surface area (Å²) in [5.74, 6) is 0. The van der Waals surface area contributed by atoms with Crippen LogP contribution in [0.15, 0.2) is 77.9 Å². The number of hydrogen-bond acceptors (Lipinski definition) is 3. The van der Waals surface area contributed by atoms with Crippen molar-refractivity contribution in [2.24, 2.45) is 0 Å². The summed E-state index contributed by atoms with van der Waals surface area (Å²) in [6, 6.07) is 14.5. The molecule has 4 rings (SSSR count). The average Bonchev–Trinajstić information content (AvgIpc) is 3.17. The van der Waals surface area contributed by atoms with Crippen molar-refractivity contribution in [3.8, 4) is 22.8 Å². The fourth-order valence-electron chi connectivity index (χ4n) is 2.85. The molecule has 0 atom stereocenters. The number of benzene rings is 2. The molecule has 0 amide bonds. The van der Waals surface area contributed by atoms with Crippen molar-refractivity contribution in [3.63, 3.8) is 0 Å². The molecule has 2 heterocycles. The lowest BCUT2D eigenvalue weighted by Crippen LogP contribution is -2.15. The van der Waals surface area contributed by atoms with Crippen molar-refractivity contribution in [1.82, 2.24) is 19.6 Å². The van der Waals surface area contributed by atoms with Gasteiger partial charge in [0.25, 0.3) is 0 Å². The van der Waals surface area contributed by atoms with Crippen LogP contribution in [0, 0.1) is 0 Å². The van der Waals surface area contributed by atoms with E-state index < -0.39 is 17.2 Å². The maximum atomic E-state index is 13.0. The van der Waals surface area contributed by atoms with E-state index >= 15 is 0 Å². The number of alkyl halides is 3. The average molecular weight is 417 g/mol. The summed E-state index contributed by atoms with van der Waals surface area (Å²) in [5.41, 5.74) is -0.0957. The van der Waals surface area contributed by atoms with Crippen LogP contribution >= 0.6 is 11.6 Å². The van der Waals surface area contributed by atoms with Crippen LogP contribution in [0.5, 0.6) is 0 Å². The van der Waals surface area contributed by atoms with E-state index in [4.69, 9.17) is 11.6 Å². The lowest BCUT2D eigenvalue weighted by Gasteiger charge is -2.12. The standard InChI is InChI=1S/C20H12ClF3N4O/c21-15-6-1-2-7-16(15)28-17(8-10-25-28)19-18(29)9-11-27(26-19)14-5-3-4-13(12-14)20(22,23)24/h1-12H. The van der Waals surface area contributed by atoms with Gasteiger partial charge < -0.3 is 0 Å². The fourth-order valence-corrected chi connectivity index (χ4v) is 3.07. The lowest BCUT2D eigenvalue weighted by atomic mass is 10.2. The first kappa shape index (κ1) is 18.9. The maximum Gasteiger partial charge on any atom is 0.416 e. The Hall–Kier alpha value is -3.39. The van der Waals surface area contributed by atoms with Crippen LogP contribution in [0.1, 0.15) is 5.56 Å². The van der Waals surface area contributed by atoms with Gasteiger partial charge in [0.2, 0.25) is 5.43 Å². The molecule has 2 aromatic heterocycles. The second-order valence-corrected chi connectivity index (χ2v) is 6.51. The molecule has 0 aliphatic carbocycles. The van der Waals surface area contributed by atoms with Crippen molar-refractivity contribution in [3.05, 3.63) is 93.9 Å². The highest BCUT2D eigenvalue weighted by Gasteiger charge is 2.30. The highest BCUT2D eigenvalue weighted by Crippen LogP contribution is 2.30. The number of para-hydroxylation sites is 1. The van der Waals surface area contributed by atoms with Crippen LogP contribution in [0.2, 0.25) is 5.02 Å². The van der Waals surface area contributed by atoms with E-state index in [0.29, 0.717) is 16.4 Å². The van der Waals surface area contributed by atoms with Crippen molar-refractivity contribution in [1.29, 1.82) is 0 Å². The van der Waals surface area contributed by atoms with Gasteiger partial charge in [0, 0.05) is 12.3 Å². The SMILES string of the molecule is O=c1ccn(-c2cccc(C(F)(F)F)c2)nc1-c1ccnn1-c1ccccc1Cl. The summed E-state index contributed by atoms with van der Waals surface area (Å²) in [4.78, 5) is 12.5. The topological polar surface area (TPSA) is 52.7 Å². The summed E-state index contributed by atoms with van der Waals surface area (Å²) in [7, 11) is 0. The second-order valence-electron chi connectivity index (χ2n) is 6.10. The Labute approximate surface area is 167 Å². The first-order valence-corrected chi connectivity index (χ1v) is 8.79. The molecular formula is C20H12ClF3N4O. The third-order valence-corrected chi connectivity index (χ3v) is 4.53. The molecule has 0 aliphatic heterocycles. The third-order valence-electron chi connectivity index (χ3n) is 4.21. The summed E-state index contributed by atoms with van der Waals surface area (Å²) in [5, 5.41) is 8.89. The first-order chi connectivity index (χ1) is 13.8. The van der Waals surface area contributed by atoms with Crippen LogP contribution in [-0.2, 0) is 6.18 Å². The van der Waals surface area contributed by atoms with Gasteiger partial charge in [-0.2, -0.15) is 23.4 Å². The Morgan fingerprint density at radius 1 is 0.966 bits per heavy atom. The molecule has 0 bridgehead atoms.